The van der Waals surface area contributed by atoms with Gasteiger partial charge in [-0.15, -0.1) is 0 Å². The first kappa shape index (κ1) is 28.4. The van der Waals surface area contributed by atoms with E-state index in [-0.39, 0.29) is 25.0 Å². The number of thiol groups is 1. The van der Waals surface area contributed by atoms with Crippen LogP contribution >= 0.6 is 12.6 Å². The van der Waals surface area contributed by atoms with Gasteiger partial charge < -0.3 is 23.8 Å². The monoisotopic (exact) mass is 553 g/mol. The number of hydrogen-bond acceptors (Lipinski definition) is 9. The van der Waals surface area contributed by atoms with Gasteiger partial charge in [-0.2, -0.15) is 30.1 Å². The molecule has 2 aromatic rings. The molecule has 2 atom stereocenters. The first-order valence-corrected chi connectivity index (χ1v) is 13.4. The second kappa shape index (κ2) is 12.9. The van der Waals surface area contributed by atoms with Crippen LogP contribution < -0.4 is 14.2 Å². The Labute approximate surface area is 222 Å². The number of methoxy groups -OCH3 is 2. The quantitative estimate of drug-likeness (QED) is 0.431. The maximum absolute atomic E-state index is 12.7. The van der Waals surface area contributed by atoms with Gasteiger partial charge in [-0.25, -0.2) is 9.59 Å². The Bertz CT molecular complexity index is 1160. The second-order valence-electron chi connectivity index (χ2n) is 8.32. The highest BCUT2D eigenvalue weighted by atomic mass is 32.2. The molecule has 0 aromatic heterocycles. The fraction of sp³-hybridized carbons (Fsp3) is 0.417. The number of amides is 2. The molecule has 1 heterocycles. The van der Waals surface area contributed by atoms with Crippen molar-refractivity contribution in [3.63, 3.8) is 0 Å². The van der Waals surface area contributed by atoms with E-state index in [0.717, 1.165) is 12.6 Å². The lowest BCUT2D eigenvalue weighted by Gasteiger charge is -2.25. The molecule has 0 saturated carbocycles. The molecule has 202 valence electrons. The average molecular weight is 554 g/mol. The molecule has 1 aliphatic heterocycles. The van der Waals surface area contributed by atoms with Crippen molar-refractivity contribution in [1.82, 2.24) is 13.9 Å². The van der Waals surface area contributed by atoms with Gasteiger partial charge in [0, 0.05) is 31.4 Å². The number of rotatable bonds is 10. The van der Waals surface area contributed by atoms with Gasteiger partial charge in [-0.1, -0.05) is 24.3 Å². The van der Waals surface area contributed by atoms with Crippen LogP contribution in [0.25, 0.3) is 0 Å². The molecule has 37 heavy (non-hydrogen) atoms. The third-order valence-electron chi connectivity index (χ3n) is 5.79. The molecule has 2 unspecified atom stereocenters. The highest BCUT2D eigenvalue weighted by Crippen LogP contribution is 2.23. The van der Waals surface area contributed by atoms with Crippen LogP contribution in [0, 0.1) is 0 Å². The Balaban J connectivity index is 1.51. The van der Waals surface area contributed by atoms with Gasteiger partial charge in [0.2, 0.25) is 0 Å². The summed E-state index contributed by atoms with van der Waals surface area (Å²) in [5.74, 6) is 1.34. The van der Waals surface area contributed by atoms with E-state index >= 15 is 0 Å². The minimum absolute atomic E-state index is 0.0534. The van der Waals surface area contributed by atoms with Gasteiger partial charge in [0.25, 0.3) is 0 Å². The summed E-state index contributed by atoms with van der Waals surface area (Å²) in [6.45, 7) is 0.127. The molecule has 1 aliphatic rings. The van der Waals surface area contributed by atoms with Crippen LogP contribution in [-0.4, -0.2) is 75.5 Å². The zero-order valence-corrected chi connectivity index (χ0v) is 22.5. The molecular formula is C24H31N3O8S2. The third kappa shape index (κ3) is 7.91. The normalized spacial score (nSPS) is 17.2. The molecule has 2 amide bonds. The molecule has 1 fully saturated rings. The van der Waals surface area contributed by atoms with Crippen LogP contribution in [0.4, 0.5) is 9.59 Å². The number of likely N-dealkylation sites (tertiary alicyclic amines) is 1. The average Bonchev–Trinajstić information content (AvgIpc) is 3.29. The predicted molar refractivity (Wildman–Crippen MR) is 139 cm³/mol. The van der Waals surface area contributed by atoms with E-state index in [9.17, 15) is 18.0 Å². The van der Waals surface area contributed by atoms with E-state index in [1.165, 1.54) is 12.0 Å². The lowest BCUT2D eigenvalue weighted by molar-refractivity contribution is 0.0924. The first-order valence-electron chi connectivity index (χ1n) is 11.4. The van der Waals surface area contributed by atoms with Crippen LogP contribution in [0.3, 0.4) is 0 Å². The fourth-order valence-corrected chi connectivity index (χ4v) is 4.88. The molecule has 0 bridgehead atoms. The summed E-state index contributed by atoms with van der Waals surface area (Å²) in [5.41, 5.74) is 1.45. The van der Waals surface area contributed by atoms with E-state index in [0.29, 0.717) is 34.3 Å². The first-order chi connectivity index (χ1) is 17.6. The van der Waals surface area contributed by atoms with Crippen molar-refractivity contribution in [3.8, 4) is 11.5 Å². The van der Waals surface area contributed by atoms with Crippen molar-refractivity contribution in [2.75, 3.05) is 34.4 Å². The summed E-state index contributed by atoms with van der Waals surface area (Å²) in [7, 11) is -0.0248. The van der Waals surface area contributed by atoms with Gasteiger partial charge in [0.05, 0.1) is 14.2 Å². The van der Waals surface area contributed by atoms with Gasteiger partial charge in [0.15, 0.2) is 0 Å². The Hall–Kier alpha value is -3.16. The van der Waals surface area contributed by atoms with E-state index < -0.39 is 28.4 Å². The molecule has 11 nitrogen and oxygen atoms in total. The molecule has 1 N–H and O–H groups in total. The zero-order chi connectivity index (χ0) is 27.0. The fourth-order valence-electron chi connectivity index (χ4n) is 3.61. The number of benzene rings is 2. The number of ether oxygens (including phenoxy) is 4. The van der Waals surface area contributed by atoms with Crippen molar-refractivity contribution < 1.29 is 37.0 Å². The molecule has 0 aliphatic carbocycles. The largest absolute Gasteiger partial charge is 0.497 e. The van der Waals surface area contributed by atoms with E-state index in [1.54, 1.807) is 55.6 Å². The number of nitrogens with zero attached hydrogens (tertiary/aromatic N) is 2. The molecule has 0 radical (unpaired) electrons. The van der Waals surface area contributed by atoms with Crippen LogP contribution in [0.15, 0.2) is 48.5 Å². The van der Waals surface area contributed by atoms with Crippen molar-refractivity contribution in [1.29, 1.82) is 0 Å². The van der Waals surface area contributed by atoms with Crippen LogP contribution in [0.5, 0.6) is 11.5 Å². The van der Waals surface area contributed by atoms with E-state index in [2.05, 4.69) is 17.4 Å². The van der Waals surface area contributed by atoms with Crippen LogP contribution in [0.2, 0.25) is 0 Å². The van der Waals surface area contributed by atoms with Gasteiger partial charge in [-0.3, -0.25) is 0 Å². The molecule has 13 heteroatoms. The molecule has 2 aromatic carbocycles. The Morgan fingerprint density at radius 1 is 0.973 bits per heavy atom. The van der Waals surface area contributed by atoms with Crippen molar-refractivity contribution in [2.24, 2.45) is 0 Å². The van der Waals surface area contributed by atoms with Crippen molar-refractivity contribution in [3.05, 3.63) is 59.7 Å². The smallest absolute Gasteiger partial charge is 0.424 e. The highest BCUT2D eigenvalue weighted by Gasteiger charge is 2.36. The third-order valence-corrected chi connectivity index (χ3v) is 7.56. The van der Waals surface area contributed by atoms with Gasteiger partial charge in [0.1, 0.15) is 24.7 Å². The number of carbonyl (C=O) groups excluding carboxylic acids is 2. The number of nitrogens with one attached hydrogen (secondary N) is 1. The summed E-state index contributed by atoms with van der Waals surface area (Å²) in [4.78, 5) is 26.5. The second-order valence-corrected chi connectivity index (χ2v) is 10.8. The van der Waals surface area contributed by atoms with E-state index in [1.807, 2.05) is 0 Å². The zero-order valence-electron chi connectivity index (χ0n) is 20.8. The number of hydrogen-bond donors (Lipinski definition) is 2. The maximum atomic E-state index is 12.7. The maximum Gasteiger partial charge on any atom is 0.424 e. The minimum Gasteiger partial charge on any atom is -0.497 e. The Kier molecular flexibility index (Phi) is 9.89. The lowest BCUT2D eigenvalue weighted by Crippen LogP contribution is -2.48. The molecule has 0 spiro atoms. The molecule has 3 rings (SSSR count). The molecular weight excluding hydrogens is 522 g/mol. The standard InChI is InChI=1S/C24H31N3O8S2/c1-26(23(28)34-15-17-4-8-20(32-2)9-5-17)37(30,31)25-13-19-12-22(36)14-27(19)24(29)35-16-18-6-10-21(33-3)11-7-18/h4-11,19,22,25,36H,12-16H2,1-3H3. The highest BCUT2D eigenvalue weighted by molar-refractivity contribution is 7.87. The van der Waals surface area contributed by atoms with Gasteiger partial charge in [-0.05, 0) is 41.8 Å². The van der Waals surface area contributed by atoms with E-state index in [4.69, 9.17) is 18.9 Å². The summed E-state index contributed by atoms with van der Waals surface area (Å²) in [6, 6.07) is 13.4. The predicted octanol–water partition coefficient (Wildman–Crippen LogP) is 2.82. The van der Waals surface area contributed by atoms with Crippen LogP contribution in [-0.2, 0) is 32.9 Å². The SMILES string of the molecule is COc1ccc(COC(=O)N2CC(S)CC2CNS(=O)(=O)N(C)C(=O)OCc2ccc(OC)cc2)cc1. The Morgan fingerprint density at radius 3 is 2.00 bits per heavy atom. The summed E-state index contributed by atoms with van der Waals surface area (Å²) in [6.07, 6.45) is -1.17. The topological polar surface area (TPSA) is 124 Å². The lowest BCUT2D eigenvalue weighted by atomic mass is 10.2. The summed E-state index contributed by atoms with van der Waals surface area (Å²) >= 11 is 4.45. The summed E-state index contributed by atoms with van der Waals surface area (Å²) < 4.78 is 48.9. The van der Waals surface area contributed by atoms with Crippen molar-refractivity contribution >= 4 is 35.0 Å². The van der Waals surface area contributed by atoms with Crippen molar-refractivity contribution in [2.45, 2.75) is 30.9 Å². The minimum atomic E-state index is -4.22. The molecule has 1 saturated heterocycles. The van der Waals surface area contributed by atoms with Crippen LogP contribution in [0.1, 0.15) is 17.5 Å². The Morgan fingerprint density at radius 2 is 1.49 bits per heavy atom. The van der Waals surface area contributed by atoms with Gasteiger partial charge >= 0.3 is 22.4 Å². The summed E-state index contributed by atoms with van der Waals surface area (Å²) in [5, 5.41) is -0.143. The number of carbonyl (C=O) groups is 2.